The summed E-state index contributed by atoms with van der Waals surface area (Å²) < 4.78 is 15.0. The highest BCUT2D eigenvalue weighted by atomic mass is 79.9. The smallest absolute Gasteiger partial charge is 0.147 e. The normalized spacial score (nSPS) is 19.3. The van der Waals surface area contributed by atoms with Gasteiger partial charge in [-0.15, -0.1) is 0 Å². The number of nitrogens with one attached hydrogen (secondary N) is 1. The summed E-state index contributed by atoms with van der Waals surface area (Å²) in [5.41, 5.74) is 0.801. The molecule has 1 aromatic carbocycles. The molecule has 1 aliphatic rings. The predicted molar refractivity (Wildman–Crippen MR) is 82.2 cm³/mol. The number of nitrogens with zero attached hydrogens (tertiary/aromatic N) is 1. The molecule has 4 heteroatoms. The lowest BCUT2D eigenvalue weighted by Crippen LogP contribution is -2.50. The maximum absolute atomic E-state index is 14.1. The van der Waals surface area contributed by atoms with Crippen LogP contribution in [0.4, 0.5) is 10.1 Å². The number of hydrogen-bond donors (Lipinski definition) is 1. The molecular formula is C15H22BrFN2. The molecule has 0 aliphatic carbocycles. The van der Waals surface area contributed by atoms with Gasteiger partial charge in [-0.1, -0.05) is 19.9 Å². The zero-order valence-corrected chi connectivity index (χ0v) is 13.3. The van der Waals surface area contributed by atoms with Crippen LogP contribution in [0.1, 0.15) is 33.1 Å². The fraction of sp³-hybridized carbons (Fsp3) is 0.600. The fourth-order valence-electron chi connectivity index (χ4n) is 2.83. The van der Waals surface area contributed by atoms with Crippen molar-refractivity contribution >= 4 is 21.6 Å². The zero-order chi connectivity index (χ0) is 13.9. The Labute approximate surface area is 123 Å². The molecule has 1 fully saturated rings. The van der Waals surface area contributed by atoms with Crippen molar-refractivity contribution in [2.45, 2.75) is 38.6 Å². The Morgan fingerprint density at radius 2 is 2.11 bits per heavy atom. The van der Waals surface area contributed by atoms with E-state index in [4.69, 9.17) is 0 Å². The molecule has 0 saturated carbocycles. The summed E-state index contributed by atoms with van der Waals surface area (Å²) in [7, 11) is 0. The molecule has 1 N–H and O–H groups in total. The maximum atomic E-state index is 14.1. The molecule has 0 aromatic heterocycles. The van der Waals surface area contributed by atoms with E-state index >= 15 is 0 Å². The van der Waals surface area contributed by atoms with Crippen molar-refractivity contribution in [1.82, 2.24) is 5.32 Å². The van der Waals surface area contributed by atoms with Crippen molar-refractivity contribution < 1.29 is 4.39 Å². The van der Waals surface area contributed by atoms with E-state index in [1.54, 1.807) is 6.07 Å². The monoisotopic (exact) mass is 328 g/mol. The second-order valence-electron chi connectivity index (χ2n) is 5.26. The third-order valence-electron chi connectivity index (χ3n) is 4.21. The van der Waals surface area contributed by atoms with Crippen molar-refractivity contribution in [3.05, 3.63) is 28.5 Å². The first-order chi connectivity index (χ1) is 9.12. The van der Waals surface area contributed by atoms with Gasteiger partial charge in [0.25, 0.3) is 0 Å². The fourth-order valence-corrected chi connectivity index (χ4v) is 3.42. The van der Waals surface area contributed by atoms with Crippen LogP contribution in [-0.4, -0.2) is 25.2 Å². The minimum atomic E-state index is -0.141. The summed E-state index contributed by atoms with van der Waals surface area (Å²) in [5, 5.41) is 3.65. The molecule has 2 rings (SSSR count). The lowest BCUT2D eigenvalue weighted by molar-refractivity contribution is 0.321. The molecule has 0 spiro atoms. The topological polar surface area (TPSA) is 15.3 Å². The predicted octanol–water partition coefficient (Wildman–Crippen LogP) is 3.95. The first kappa shape index (κ1) is 14.8. The summed E-state index contributed by atoms with van der Waals surface area (Å²) in [6.45, 7) is 7.17. The standard InChI is InChI=1S/C15H22BrFN2/c1-3-15(4-2)11-19(10-6-9-18-15)14-12(16)7-5-8-13(14)17/h5,7-8,18H,3-4,6,9-11H2,1-2H3. The van der Waals surface area contributed by atoms with E-state index in [0.29, 0.717) is 5.69 Å². The van der Waals surface area contributed by atoms with Gasteiger partial charge in [-0.05, 0) is 53.9 Å². The summed E-state index contributed by atoms with van der Waals surface area (Å²) in [6.07, 6.45) is 3.17. The zero-order valence-electron chi connectivity index (χ0n) is 11.7. The van der Waals surface area contributed by atoms with E-state index < -0.39 is 0 Å². The van der Waals surface area contributed by atoms with Crippen LogP contribution in [0.3, 0.4) is 0 Å². The molecule has 19 heavy (non-hydrogen) atoms. The van der Waals surface area contributed by atoms with Crippen molar-refractivity contribution in [1.29, 1.82) is 0 Å². The van der Waals surface area contributed by atoms with E-state index in [0.717, 1.165) is 43.4 Å². The van der Waals surface area contributed by atoms with Crippen LogP contribution in [0.15, 0.2) is 22.7 Å². The Balaban J connectivity index is 2.33. The average Bonchev–Trinajstić information content (AvgIpc) is 2.62. The van der Waals surface area contributed by atoms with Gasteiger partial charge in [0.2, 0.25) is 0 Å². The van der Waals surface area contributed by atoms with Gasteiger partial charge < -0.3 is 10.2 Å². The Morgan fingerprint density at radius 1 is 1.37 bits per heavy atom. The van der Waals surface area contributed by atoms with E-state index in [-0.39, 0.29) is 11.4 Å². The molecule has 0 unspecified atom stereocenters. The largest absolute Gasteiger partial charge is 0.366 e. The number of rotatable bonds is 3. The van der Waals surface area contributed by atoms with Crippen LogP contribution in [0.25, 0.3) is 0 Å². The first-order valence-corrected chi connectivity index (χ1v) is 7.85. The van der Waals surface area contributed by atoms with Crippen LogP contribution in [0.5, 0.6) is 0 Å². The second kappa shape index (κ2) is 6.23. The molecule has 1 saturated heterocycles. The highest BCUT2D eigenvalue weighted by molar-refractivity contribution is 9.10. The third-order valence-corrected chi connectivity index (χ3v) is 4.85. The van der Waals surface area contributed by atoms with Crippen LogP contribution < -0.4 is 10.2 Å². The Kier molecular flexibility index (Phi) is 4.85. The maximum Gasteiger partial charge on any atom is 0.147 e. The Morgan fingerprint density at radius 3 is 2.74 bits per heavy atom. The van der Waals surface area contributed by atoms with Gasteiger partial charge in [0, 0.05) is 23.1 Å². The van der Waals surface area contributed by atoms with Crippen LogP contribution in [0, 0.1) is 5.82 Å². The SMILES string of the molecule is CCC1(CC)CN(c2c(F)cccc2Br)CCCN1. The number of hydrogen-bond acceptors (Lipinski definition) is 2. The van der Waals surface area contributed by atoms with Gasteiger partial charge in [-0.2, -0.15) is 0 Å². The molecule has 0 radical (unpaired) electrons. The van der Waals surface area contributed by atoms with Gasteiger partial charge in [-0.3, -0.25) is 0 Å². The lowest BCUT2D eigenvalue weighted by Gasteiger charge is -2.36. The Hall–Kier alpha value is -0.610. The lowest BCUT2D eigenvalue weighted by atomic mass is 9.92. The highest BCUT2D eigenvalue weighted by Gasteiger charge is 2.31. The molecule has 0 amide bonds. The summed E-state index contributed by atoms with van der Waals surface area (Å²) in [4.78, 5) is 2.19. The van der Waals surface area contributed by atoms with E-state index in [1.165, 1.54) is 6.07 Å². The number of halogens is 2. The molecule has 0 atom stereocenters. The number of benzene rings is 1. The van der Waals surface area contributed by atoms with Crippen LogP contribution in [-0.2, 0) is 0 Å². The number of anilines is 1. The Bertz CT molecular complexity index is 412. The van der Waals surface area contributed by atoms with E-state index in [9.17, 15) is 4.39 Å². The van der Waals surface area contributed by atoms with Crippen LogP contribution >= 0.6 is 15.9 Å². The summed E-state index contributed by atoms with van der Waals surface area (Å²) in [6, 6.07) is 5.19. The first-order valence-electron chi connectivity index (χ1n) is 7.06. The third kappa shape index (κ3) is 3.11. The van der Waals surface area contributed by atoms with Crippen molar-refractivity contribution in [3.63, 3.8) is 0 Å². The van der Waals surface area contributed by atoms with Gasteiger partial charge in [0.05, 0.1) is 5.69 Å². The summed E-state index contributed by atoms with van der Waals surface area (Å²) in [5.74, 6) is -0.141. The molecule has 2 nitrogen and oxygen atoms in total. The molecule has 0 bridgehead atoms. The van der Waals surface area contributed by atoms with Gasteiger partial charge in [-0.25, -0.2) is 4.39 Å². The molecule has 1 aromatic rings. The summed E-state index contributed by atoms with van der Waals surface area (Å²) >= 11 is 3.49. The average molecular weight is 329 g/mol. The van der Waals surface area contributed by atoms with Crippen LogP contribution in [0.2, 0.25) is 0 Å². The quantitative estimate of drug-likeness (QED) is 0.903. The van der Waals surface area contributed by atoms with Crippen molar-refractivity contribution in [2.75, 3.05) is 24.5 Å². The van der Waals surface area contributed by atoms with Crippen molar-refractivity contribution in [2.24, 2.45) is 0 Å². The van der Waals surface area contributed by atoms with Gasteiger partial charge >= 0.3 is 0 Å². The second-order valence-corrected chi connectivity index (χ2v) is 6.11. The molecule has 106 valence electrons. The molecular weight excluding hydrogens is 307 g/mol. The minimum absolute atomic E-state index is 0.0955. The minimum Gasteiger partial charge on any atom is -0.366 e. The van der Waals surface area contributed by atoms with Crippen molar-refractivity contribution in [3.8, 4) is 0 Å². The van der Waals surface area contributed by atoms with Gasteiger partial charge in [0.15, 0.2) is 0 Å². The van der Waals surface area contributed by atoms with Gasteiger partial charge in [0.1, 0.15) is 5.82 Å². The van der Waals surface area contributed by atoms with E-state index in [2.05, 4.69) is 40.0 Å². The molecule has 1 aliphatic heterocycles. The highest BCUT2D eigenvalue weighted by Crippen LogP contribution is 2.32. The van der Waals surface area contributed by atoms with E-state index in [1.807, 2.05) is 6.07 Å². The number of para-hydroxylation sites is 1. The molecule has 1 heterocycles.